The number of nitrogens with zero attached hydrogens (tertiary/aromatic N) is 2. The minimum Gasteiger partial charge on any atom is -0.338 e. The van der Waals surface area contributed by atoms with Crippen molar-refractivity contribution in [3.8, 4) is 0 Å². The van der Waals surface area contributed by atoms with Crippen LogP contribution >= 0.6 is 0 Å². The van der Waals surface area contributed by atoms with Gasteiger partial charge in [0.2, 0.25) is 0 Å². The van der Waals surface area contributed by atoms with Crippen LogP contribution in [0.1, 0.15) is 17.7 Å². The maximum absolute atomic E-state index is 11.5. The molecule has 2 amide bonds. The molecule has 0 aliphatic carbocycles. The van der Waals surface area contributed by atoms with Crippen LogP contribution in [0.4, 0.5) is 4.79 Å². The van der Waals surface area contributed by atoms with Crippen LogP contribution in [0.2, 0.25) is 0 Å². The normalized spacial score (nSPS) is 16.3. The molecule has 4 nitrogen and oxygen atoms in total. The van der Waals surface area contributed by atoms with Crippen LogP contribution in [0, 0.1) is 6.92 Å². The van der Waals surface area contributed by atoms with E-state index < -0.39 is 0 Å². The quantitative estimate of drug-likeness (QED) is 0.791. The van der Waals surface area contributed by atoms with Crippen molar-refractivity contribution in [2.75, 3.05) is 13.1 Å². The summed E-state index contributed by atoms with van der Waals surface area (Å²) in [5, 5.41) is 2.83. The predicted molar refractivity (Wildman–Crippen MR) is 57.4 cm³/mol. The van der Waals surface area contributed by atoms with Crippen molar-refractivity contribution < 1.29 is 4.79 Å². The van der Waals surface area contributed by atoms with Crippen molar-refractivity contribution in [3.63, 3.8) is 0 Å². The molecule has 80 valence electrons. The van der Waals surface area contributed by atoms with Gasteiger partial charge in [-0.1, -0.05) is 6.07 Å². The lowest BCUT2D eigenvalue weighted by Gasteiger charge is -2.27. The topological polar surface area (TPSA) is 45.2 Å². The van der Waals surface area contributed by atoms with Crippen LogP contribution in [-0.4, -0.2) is 29.0 Å². The number of carbonyl (C=O) groups is 1. The first-order chi connectivity index (χ1) is 7.25. The summed E-state index contributed by atoms with van der Waals surface area (Å²) in [6.45, 7) is 4.23. The standard InChI is InChI=1S/C11H15N3O/c1-9-3-4-10(7-13-9)8-14-6-2-5-12-11(14)15/h3-4,7H,2,5-6,8H2,1H3,(H,12,15). The molecule has 0 saturated carbocycles. The highest BCUT2D eigenvalue weighted by atomic mass is 16.2. The lowest BCUT2D eigenvalue weighted by molar-refractivity contribution is 0.183. The van der Waals surface area contributed by atoms with Gasteiger partial charge in [0, 0.05) is 31.5 Å². The second kappa shape index (κ2) is 4.29. The number of rotatable bonds is 2. The minimum absolute atomic E-state index is 0.0295. The zero-order valence-corrected chi connectivity index (χ0v) is 8.86. The third-order valence-electron chi connectivity index (χ3n) is 2.51. The fraction of sp³-hybridized carbons (Fsp3) is 0.455. The van der Waals surface area contributed by atoms with E-state index in [4.69, 9.17) is 0 Å². The SMILES string of the molecule is Cc1ccc(CN2CCCNC2=O)cn1. The fourth-order valence-electron chi connectivity index (χ4n) is 1.64. The Kier molecular flexibility index (Phi) is 2.85. The molecule has 4 heteroatoms. The number of aryl methyl sites for hydroxylation is 1. The molecule has 1 fully saturated rings. The second-order valence-corrected chi connectivity index (χ2v) is 3.81. The van der Waals surface area contributed by atoms with Gasteiger partial charge >= 0.3 is 6.03 Å². The molecule has 1 aromatic rings. The van der Waals surface area contributed by atoms with E-state index in [1.54, 1.807) is 0 Å². The summed E-state index contributed by atoms with van der Waals surface area (Å²) < 4.78 is 0. The third kappa shape index (κ3) is 2.46. The largest absolute Gasteiger partial charge is 0.338 e. The molecule has 0 spiro atoms. The van der Waals surface area contributed by atoms with Gasteiger partial charge in [0.25, 0.3) is 0 Å². The van der Waals surface area contributed by atoms with E-state index in [2.05, 4.69) is 10.3 Å². The average Bonchev–Trinajstić information content (AvgIpc) is 2.25. The number of pyridine rings is 1. The smallest absolute Gasteiger partial charge is 0.317 e. The molecule has 1 aliphatic rings. The maximum Gasteiger partial charge on any atom is 0.317 e. The van der Waals surface area contributed by atoms with Gasteiger partial charge in [-0.25, -0.2) is 4.79 Å². The van der Waals surface area contributed by atoms with Crippen molar-refractivity contribution >= 4 is 6.03 Å². The molecule has 2 heterocycles. The van der Waals surface area contributed by atoms with Gasteiger partial charge in [0.15, 0.2) is 0 Å². The van der Waals surface area contributed by atoms with E-state index in [0.29, 0.717) is 6.54 Å². The zero-order valence-electron chi connectivity index (χ0n) is 8.86. The van der Waals surface area contributed by atoms with Crippen LogP contribution < -0.4 is 5.32 Å². The van der Waals surface area contributed by atoms with Gasteiger partial charge in [-0.15, -0.1) is 0 Å². The summed E-state index contributed by atoms with van der Waals surface area (Å²) in [7, 11) is 0. The van der Waals surface area contributed by atoms with E-state index in [1.807, 2.05) is 30.2 Å². The van der Waals surface area contributed by atoms with Crippen molar-refractivity contribution in [2.45, 2.75) is 19.9 Å². The highest BCUT2D eigenvalue weighted by Gasteiger charge is 2.17. The van der Waals surface area contributed by atoms with Crippen LogP contribution in [0.5, 0.6) is 0 Å². The molecule has 1 saturated heterocycles. The maximum atomic E-state index is 11.5. The monoisotopic (exact) mass is 205 g/mol. The molecule has 1 aromatic heterocycles. The Morgan fingerprint density at radius 3 is 3.07 bits per heavy atom. The number of hydrogen-bond donors (Lipinski definition) is 1. The van der Waals surface area contributed by atoms with Crippen molar-refractivity contribution in [2.24, 2.45) is 0 Å². The summed E-state index contributed by atoms with van der Waals surface area (Å²) in [4.78, 5) is 17.5. The Morgan fingerprint density at radius 2 is 2.40 bits per heavy atom. The molecule has 0 aromatic carbocycles. The van der Waals surface area contributed by atoms with Crippen LogP contribution in [-0.2, 0) is 6.54 Å². The number of amides is 2. The Bertz CT molecular complexity index is 347. The van der Waals surface area contributed by atoms with E-state index in [-0.39, 0.29) is 6.03 Å². The Morgan fingerprint density at radius 1 is 1.53 bits per heavy atom. The second-order valence-electron chi connectivity index (χ2n) is 3.81. The summed E-state index contributed by atoms with van der Waals surface area (Å²) >= 11 is 0. The summed E-state index contributed by atoms with van der Waals surface area (Å²) in [6, 6.07) is 4.02. The van der Waals surface area contributed by atoms with Gasteiger partial charge in [-0.3, -0.25) is 4.98 Å². The Balaban J connectivity index is 2.01. The van der Waals surface area contributed by atoms with Crippen LogP contribution in [0.3, 0.4) is 0 Å². The van der Waals surface area contributed by atoms with E-state index in [0.717, 1.165) is 30.8 Å². The fourth-order valence-corrected chi connectivity index (χ4v) is 1.64. The first-order valence-corrected chi connectivity index (χ1v) is 5.20. The Labute approximate surface area is 89.3 Å². The molecule has 15 heavy (non-hydrogen) atoms. The third-order valence-corrected chi connectivity index (χ3v) is 2.51. The number of hydrogen-bond acceptors (Lipinski definition) is 2. The van der Waals surface area contributed by atoms with Crippen LogP contribution in [0.15, 0.2) is 18.3 Å². The summed E-state index contributed by atoms with van der Waals surface area (Å²) in [5.74, 6) is 0. The molecule has 0 atom stereocenters. The molecule has 2 rings (SSSR count). The highest BCUT2D eigenvalue weighted by molar-refractivity contribution is 5.74. The average molecular weight is 205 g/mol. The predicted octanol–water partition coefficient (Wildman–Crippen LogP) is 1.31. The van der Waals surface area contributed by atoms with Crippen molar-refractivity contribution in [1.82, 2.24) is 15.2 Å². The zero-order chi connectivity index (χ0) is 10.7. The van der Waals surface area contributed by atoms with Crippen LogP contribution in [0.25, 0.3) is 0 Å². The molecular formula is C11H15N3O. The number of carbonyl (C=O) groups excluding carboxylic acids is 1. The minimum atomic E-state index is 0.0295. The van der Waals surface area contributed by atoms with E-state index in [1.165, 1.54) is 0 Å². The first-order valence-electron chi connectivity index (χ1n) is 5.20. The number of aromatic nitrogens is 1. The van der Waals surface area contributed by atoms with E-state index in [9.17, 15) is 4.79 Å². The van der Waals surface area contributed by atoms with Crippen molar-refractivity contribution in [1.29, 1.82) is 0 Å². The molecule has 1 N–H and O–H groups in total. The molecule has 0 unspecified atom stereocenters. The first kappa shape index (κ1) is 9.96. The van der Waals surface area contributed by atoms with Gasteiger partial charge in [0.05, 0.1) is 0 Å². The number of nitrogens with one attached hydrogen (secondary N) is 1. The highest BCUT2D eigenvalue weighted by Crippen LogP contribution is 2.07. The molecule has 0 bridgehead atoms. The van der Waals surface area contributed by atoms with Gasteiger partial charge in [-0.2, -0.15) is 0 Å². The molecule has 0 radical (unpaired) electrons. The number of urea groups is 1. The molecule has 1 aliphatic heterocycles. The van der Waals surface area contributed by atoms with Gasteiger partial charge in [-0.05, 0) is 25.0 Å². The summed E-state index contributed by atoms with van der Waals surface area (Å²) in [5.41, 5.74) is 2.08. The van der Waals surface area contributed by atoms with Gasteiger partial charge in [0.1, 0.15) is 0 Å². The molecular weight excluding hydrogens is 190 g/mol. The van der Waals surface area contributed by atoms with E-state index >= 15 is 0 Å². The van der Waals surface area contributed by atoms with Gasteiger partial charge < -0.3 is 10.2 Å². The lowest BCUT2D eigenvalue weighted by atomic mass is 10.2. The Hall–Kier alpha value is -1.58. The lowest BCUT2D eigenvalue weighted by Crippen LogP contribution is -2.45. The van der Waals surface area contributed by atoms with Crippen molar-refractivity contribution in [3.05, 3.63) is 29.6 Å². The summed E-state index contributed by atoms with van der Waals surface area (Å²) in [6.07, 6.45) is 2.85.